The molecule has 0 atom stereocenters. The zero-order valence-electron chi connectivity index (χ0n) is 24.4. The minimum Gasteiger partial charge on any atom is -0.390 e. The minimum absolute atomic E-state index is 0.191. The van der Waals surface area contributed by atoms with E-state index in [1.54, 1.807) is 32.2 Å². The van der Waals surface area contributed by atoms with Gasteiger partial charge < -0.3 is 21.1 Å². The number of halogens is 1. The fraction of sp³-hybridized carbons (Fsp3) is 0.424. The molecular formula is C33H41FN4O3. The Labute approximate surface area is 242 Å². The largest absolute Gasteiger partial charge is 0.390 e. The lowest BCUT2D eigenvalue weighted by molar-refractivity contribution is -0.130. The summed E-state index contributed by atoms with van der Waals surface area (Å²) in [6.45, 7) is 4.79. The van der Waals surface area contributed by atoms with E-state index in [9.17, 15) is 14.7 Å². The molecule has 0 unspecified atom stereocenters. The molecule has 8 heteroatoms. The van der Waals surface area contributed by atoms with Gasteiger partial charge in [-0.15, -0.1) is 0 Å². The number of hydrogen-bond acceptors (Lipinski definition) is 5. The van der Waals surface area contributed by atoms with E-state index in [1.165, 1.54) is 45.1 Å². The van der Waals surface area contributed by atoms with Crippen LogP contribution in [0.25, 0.3) is 22.4 Å². The maximum atomic E-state index is 15.0. The molecule has 218 valence electrons. The number of rotatable bonds is 5. The molecule has 2 fully saturated rings. The number of aliphatic hydroxyl groups is 1. The first-order valence-electron chi connectivity index (χ1n) is 14.3. The summed E-state index contributed by atoms with van der Waals surface area (Å²) in [6, 6.07) is 16.9. The van der Waals surface area contributed by atoms with E-state index in [0.717, 1.165) is 11.1 Å². The van der Waals surface area contributed by atoms with Gasteiger partial charge in [0.1, 0.15) is 5.82 Å². The Balaban J connectivity index is 0.000000296. The minimum atomic E-state index is -0.864. The summed E-state index contributed by atoms with van der Waals surface area (Å²) in [5.41, 5.74) is 8.46. The van der Waals surface area contributed by atoms with Gasteiger partial charge in [-0.2, -0.15) is 0 Å². The molecule has 2 amide bonds. The fourth-order valence-electron chi connectivity index (χ4n) is 6.09. The van der Waals surface area contributed by atoms with Gasteiger partial charge in [-0.3, -0.25) is 14.6 Å². The first kappa shape index (κ1) is 30.3. The van der Waals surface area contributed by atoms with Crippen LogP contribution < -0.4 is 11.1 Å². The molecule has 7 nitrogen and oxygen atoms in total. The second-order valence-electron chi connectivity index (χ2n) is 11.8. The molecule has 5 rings (SSSR count). The second-order valence-corrected chi connectivity index (χ2v) is 11.8. The van der Waals surface area contributed by atoms with Crippen molar-refractivity contribution < 1.29 is 19.1 Å². The Morgan fingerprint density at radius 2 is 1.68 bits per heavy atom. The van der Waals surface area contributed by atoms with E-state index in [4.69, 9.17) is 5.73 Å². The first-order chi connectivity index (χ1) is 19.4. The van der Waals surface area contributed by atoms with Crippen LogP contribution in [-0.4, -0.2) is 45.5 Å². The number of anilines is 1. The summed E-state index contributed by atoms with van der Waals surface area (Å²) in [7, 11) is 1.92. The van der Waals surface area contributed by atoms with Crippen LogP contribution in [0.2, 0.25) is 0 Å². The maximum Gasteiger partial charge on any atom is 0.221 e. The van der Waals surface area contributed by atoms with Crippen LogP contribution in [0, 0.1) is 5.82 Å². The van der Waals surface area contributed by atoms with Crippen molar-refractivity contribution in [3.8, 4) is 22.4 Å². The fourth-order valence-corrected chi connectivity index (χ4v) is 6.09. The maximum absolute atomic E-state index is 15.0. The lowest BCUT2D eigenvalue weighted by atomic mass is 9.63. The van der Waals surface area contributed by atoms with E-state index < -0.39 is 17.0 Å². The monoisotopic (exact) mass is 560 g/mol. The Kier molecular flexibility index (Phi) is 9.24. The average Bonchev–Trinajstić information content (AvgIpc) is 2.92. The zero-order chi connectivity index (χ0) is 29.8. The van der Waals surface area contributed by atoms with Crippen molar-refractivity contribution >= 4 is 17.5 Å². The van der Waals surface area contributed by atoms with E-state index in [0.29, 0.717) is 41.4 Å². The number of carbonyl (C=O) groups excluding carboxylic acids is 2. The van der Waals surface area contributed by atoms with Crippen molar-refractivity contribution in [2.45, 2.75) is 82.9 Å². The highest BCUT2D eigenvalue weighted by Gasteiger charge is 2.50. The summed E-state index contributed by atoms with van der Waals surface area (Å²) in [5, 5.41) is 12.8. The smallest absolute Gasteiger partial charge is 0.221 e. The van der Waals surface area contributed by atoms with Crippen LogP contribution in [-0.2, 0) is 15.1 Å². The average molecular weight is 561 g/mol. The third-order valence-corrected chi connectivity index (χ3v) is 8.08. The van der Waals surface area contributed by atoms with Gasteiger partial charge in [0.05, 0.1) is 23.2 Å². The van der Waals surface area contributed by atoms with Crippen molar-refractivity contribution in [2.75, 3.05) is 12.4 Å². The van der Waals surface area contributed by atoms with Crippen molar-refractivity contribution in [1.29, 1.82) is 0 Å². The van der Waals surface area contributed by atoms with Crippen LogP contribution in [0.15, 0.2) is 60.8 Å². The van der Waals surface area contributed by atoms with Gasteiger partial charge in [-0.25, -0.2) is 4.39 Å². The van der Waals surface area contributed by atoms with Crippen molar-refractivity contribution in [3.63, 3.8) is 0 Å². The molecule has 2 saturated carbocycles. The number of aromatic nitrogens is 1. The normalized spacial score (nSPS) is 22.1. The lowest BCUT2D eigenvalue weighted by Crippen LogP contribution is -2.58. The van der Waals surface area contributed by atoms with Crippen LogP contribution >= 0.6 is 0 Å². The molecule has 1 heterocycles. The molecular weight excluding hydrogens is 519 g/mol. The quantitative estimate of drug-likeness (QED) is 0.354. The molecule has 0 spiro atoms. The summed E-state index contributed by atoms with van der Waals surface area (Å²) >= 11 is 0. The number of nitrogens with zero attached hydrogens (tertiary/aromatic N) is 2. The van der Waals surface area contributed by atoms with Gasteiger partial charge in [0, 0.05) is 49.2 Å². The predicted octanol–water partition coefficient (Wildman–Crippen LogP) is 6.01. The van der Waals surface area contributed by atoms with Crippen LogP contribution in [0.1, 0.15) is 71.3 Å². The highest BCUT2D eigenvalue weighted by Crippen LogP contribution is 2.47. The van der Waals surface area contributed by atoms with E-state index in [1.807, 2.05) is 48.3 Å². The van der Waals surface area contributed by atoms with Gasteiger partial charge in [-0.1, -0.05) is 61.7 Å². The van der Waals surface area contributed by atoms with Gasteiger partial charge in [-0.05, 0) is 50.3 Å². The van der Waals surface area contributed by atoms with Crippen LogP contribution in [0.4, 0.5) is 10.1 Å². The molecule has 0 radical (unpaired) electrons. The Morgan fingerprint density at radius 3 is 2.24 bits per heavy atom. The topological polar surface area (TPSA) is 109 Å². The highest BCUT2D eigenvalue weighted by molar-refractivity contribution is 5.91. The van der Waals surface area contributed by atoms with Crippen LogP contribution in [0.3, 0.4) is 0 Å². The molecule has 3 aromatic rings. The van der Waals surface area contributed by atoms with Gasteiger partial charge in [0.2, 0.25) is 11.8 Å². The zero-order valence-corrected chi connectivity index (χ0v) is 24.4. The van der Waals surface area contributed by atoms with Crippen molar-refractivity contribution in [3.05, 3.63) is 72.2 Å². The van der Waals surface area contributed by atoms with Crippen LogP contribution in [0.5, 0.6) is 0 Å². The molecule has 0 aliphatic heterocycles. The number of hydrogen-bond donors (Lipinski definition) is 3. The highest BCUT2D eigenvalue weighted by atomic mass is 19.1. The summed E-state index contributed by atoms with van der Waals surface area (Å²) < 4.78 is 15.0. The molecule has 41 heavy (non-hydrogen) atoms. The predicted molar refractivity (Wildman–Crippen MR) is 160 cm³/mol. The molecule has 0 saturated heterocycles. The molecule has 2 aromatic carbocycles. The van der Waals surface area contributed by atoms with Gasteiger partial charge in [0.15, 0.2) is 0 Å². The molecule has 0 bridgehead atoms. The van der Waals surface area contributed by atoms with E-state index in [2.05, 4.69) is 10.3 Å². The Bertz CT molecular complexity index is 1380. The van der Waals surface area contributed by atoms with Gasteiger partial charge in [0.25, 0.3) is 0 Å². The van der Waals surface area contributed by atoms with Gasteiger partial charge >= 0.3 is 0 Å². The summed E-state index contributed by atoms with van der Waals surface area (Å²) in [6.07, 6.45) is 8.53. The number of nitrogens with two attached hydrogens (primary N) is 1. The molecule has 2 aliphatic carbocycles. The molecule has 1 aromatic heterocycles. The Morgan fingerprint density at radius 1 is 1.02 bits per heavy atom. The number of amides is 2. The van der Waals surface area contributed by atoms with Crippen molar-refractivity contribution in [1.82, 2.24) is 9.88 Å². The SMILES string of the molecule is CC(=O)N(C)C1CCCCC1.CC(=O)Nc1cnc(-c2ccc(C3(N)CC(C)(O)C3)c(F)c2)c(-c2ccccc2)c1. The van der Waals surface area contributed by atoms with E-state index >= 15 is 4.39 Å². The summed E-state index contributed by atoms with van der Waals surface area (Å²) in [4.78, 5) is 28.8. The third-order valence-electron chi connectivity index (χ3n) is 8.08. The Hall–Kier alpha value is -3.62. The number of benzene rings is 2. The lowest BCUT2D eigenvalue weighted by Gasteiger charge is -2.49. The van der Waals surface area contributed by atoms with Crippen molar-refractivity contribution in [2.24, 2.45) is 5.73 Å². The number of nitrogens with one attached hydrogen (secondary N) is 1. The molecule has 4 N–H and O–H groups in total. The second kappa shape index (κ2) is 12.5. The third kappa shape index (κ3) is 7.37. The standard InChI is InChI=1S/C24H24FN3O2.C9H17NO/c1-15(29)28-18-11-19(16-6-4-3-5-7-16)22(27-12-18)17-8-9-20(21(25)10-17)24(26)13-23(2,30)14-24;1-8(11)10(2)9-6-4-3-5-7-9/h3-12,30H,13-14,26H2,1-2H3,(H,28,29);9H,3-7H2,1-2H3. The first-order valence-corrected chi connectivity index (χ1v) is 14.3. The summed E-state index contributed by atoms with van der Waals surface area (Å²) in [5.74, 6) is -0.405. The number of pyridine rings is 1. The number of carbonyl (C=O) groups is 2. The van der Waals surface area contributed by atoms with E-state index in [-0.39, 0.29) is 11.8 Å². The molecule has 2 aliphatic rings.